The largest absolute Gasteiger partial charge is 0.374 e. The highest BCUT2D eigenvalue weighted by Crippen LogP contribution is 2.36. The summed E-state index contributed by atoms with van der Waals surface area (Å²) >= 11 is 0. The summed E-state index contributed by atoms with van der Waals surface area (Å²) in [6.45, 7) is 0.878. The molecule has 2 atom stereocenters. The van der Waals surface area contributed by atoms with E-state index in [1.54, 1.807) is 0 Å². The molecule has 2 aliphatic heterocycles. The predicted octanol–water partition coefficient (Wildman–Crippen LogP) is 2.02. The summed E-state index contributed by atoms with van der Waals surface area (Å²) in [7, 11) is 0. The first-order valence-electron chi connectivity index (χ1n) is 7.15. The molecule has 0 aromatic carbocycles. The number of hydrogen-bond donors (Lipinski definition) is 2. The number of aromatic nitrogens is 2. The van der Waals surface area contributed by atoms with Gasteiger partial charge in [0.1, 0.15) is 12.0 Å². The molecule has 0 radical (unpaired) electrons. The van der Waals surface area contributed by atoms with E-state index in [0.29, 0.717) is 12.2 Å². The maximum absolute atomic E-state index is 4.63. The second kappa shape index (κ2) is 4.12. The average molecular weight is 244 g/mol. The third-order valence-electron chi connectivity index (χ3n) is 4.61. The minimum atomic E-state index is 0.356. The van der Waals surface area contributed by atoms with Crippen molar-refractivity contribution in [1.82, 2.24) is 20.2 Å². The molecular weight excluding hydrogens is 224 g/mol. The normalized spacial score (nSPS) is 30.9. The van der Waals surface area contributed by atoms with Gasteiger partial charge in [-0.25, -0.2) is 4.98 Å². The lowest BCUT2D eigenvalue weighted by molar-refractivity contribution is 0.319. The number of fused-ring (bicyclic) bond motifs is 3. The highest BCUT2D eigenvalue weighted by atomic mass is 15.3. The maximum Gasteiger partial charge on any atom is 0.123 e. The van der Waals surface area contributed by atoms with Crippen LogP contribution in [-0.2, 0) is 6.54 Å². The van der Waals surface area contributed by atoms with Gasteiger partial charge in [-0.05, 0) is 25.1 Å². The van der Waals surface area contributed by atoms with E-state index in [0.717, 1.165) is 12.5 Å². The molecule has 1 aliphatic carbocycles. The monoisotopic (exact) mass is 244 g/mol. The first-order valence-corrected chi connectivity index (χ1v) is 7.15. The quantitative estimate of drug-likeness (QED) is 0.794. The van der Waals surface area contributed by atoms with Crippen LogP contribution < -0.4 is 10.6 Å². The van der Waals surface area contributed by atoms with Crippen LogP contribution in [0.1, 0.15) is 55.6 Å². The summed E-state index contributed by atoms with van der Waals surface area (Å²) in [5.41, 5.74) is 1.47. The highest BCUT2D eigenvalue weighted by Gasteiger charge is 2.33. The lowest BCUT2D eigenvalue weighted by atomic mass is 9.87. The van der Waals surface area contributed by atoms with Crippen molar-refractivity contribution in [1.29, 1.82) is 0 Å². The summed E-state index contributed by atoms with van der Waals surface area (Å²) in [5.74, 6) is 1.93. The molecule has 18 heavy (non-hydrogen) atoms. The molecule has 3 heterocycles. The number of hydrogen-bond acceptors (Lipinski definition) is 3. The van der Waals surface area contributed by atoms with Crippen LogP contribution in [0.25, 0.3) is 0 Å². The second-order valence-corrected chi connectivity index (χ2v) is 5.68. The standard InChI is InChI=1S/C14H20N4/c1-2-4-10(5-3-1)12-8-16-13-9-17-14-11(18(12)13)6-7-15-14/h6-8,10-11,14-15,17H,1-5,9H2. The van der Waals surface area contributed by atoms with Gasteiger partial charge in [0.05, 0.1) is 12.6 Å². The van der Waals surface area contributed by atoms with Gasteiger partial charge in [0.25, 0.3) is 0 Å². The fourth-order valence-electron chi connectivity index (χ4n) is 3.67. The Hall–Kier alpha value is -1.29. The molecule has 0 spiro atoms. The van der Waals surface area contributed by atoms with E-state index in [1.165, 1.54) is 43.6 Å². The molecule has 0 bridgehead atoms. The van der Waals surface area contributed by atoms with Gasteiger partial charge in [-0.2, -0.15) is 0 Å². The number of nitrogens with zero attached hydrogens (tertiary/aromatic N) is 2. The van der Waals surface area contributed by atoms with Crippen molar-refractivity contribution in [2.45, 2.75) is 56.8 Å². The summed E-state index contributed by atoms with van der Waals surface area (Å²) in [6.07, 6.45) is 13.7. The molecule has 0 amide bonds. The first kappa shape index (κ1) is 10.6. The smallest absolute Gasteiger partial charge is 0.123 e. The van der Waals surface area contributed by atoms with E-state index in [-0.39, 0.29) is 0 Å². The Morgan fingerprint density at radius 1 is 1.22 bits per heavy atom. The zero-order valence-corrected chi connectivity index (χ0v) is 10.6. The van der Waals surface area contributed by atoms with Crippen LogP contribution in [0, 0.1) is 0 Å². The molecule has 2 N–H and O–H groups in total. The van der Waals surface area contributed by atoms with Crippen LogP contribution in [0.5, 0.6) is 0 Å². The molecule has 1 aromatic heterocycles. The van der Waals surface area contributed by atoms with Gasteiger partial charge in [0, 0.05) is 17.8 Å². The molecule has 1 aromatic rings. The van der Waals surface area contributed by atoms with Gasteiger partial charge in [0.2, 0.25) is 0 Å². The molecule has 0 saturated heterocycles. The number of nitrogens with one attached hydrogen (secondary N) is 2. The van der Waals surface area contributed by atoms with E-state index < -0.39 is 0 Å². The summed E-state index contributed by atoms with van der Waals surface area (Å²) in [5, 5.41) is 6.88. The molecule has 4 nitrogen and oxygen atoms in total. The Morgan fingerprint density at radius 3 is 3.00 bits per heavy atom. The number of rotatable bonds is 1. The van der Waals surface area contributed by atoms with Crippen LogP contribution >= 0.6 is 0 Å². The van der Waals surface area contributed by atoms with Crippen LogP contribution in [0.2, 0.25) is 0 Å². The van der Waals surface area contributed by atoms with Crippen molar-refractivity contribution < 1.29 is 0 Å². The van der Waals surface area contributed by atoms with E-state index in [2.05, 4.69) is 38.7 Å². The first-order chi connectivity index (χ1) is 8.93. The molecule has 3 aliphatic rings. The average Bonchev–Trinajstić information content (AvgIpc) is 3.05. The Morgan fingerprint density at radius 2 is 2.11 bits per heavy atom. The fraction of sp³-hybridized carbons (Fsp3) is 0.643. The van der Waals surface area contributed by atoms with Crippen molar-refractivity contribution in [3.8, 4) is 0 Å². The van der Waals surface area contributed by atoms with Crippen LogP contribution in [0.4, 0.5) is 0 Å². The summed E-state index contributed by atoms with van der Waals surface area (Å²) in [4.78, 5) is 4.63. The molecule has 4 rings (SSSR count). The highest BCUT2D eigenvalue weighted by molar-refractivity contribution is 5.21. The minimum Gasteiger partial charge on any atom is -0.374 e. The van der Waals surface area contributed by atoms with Crippen molar-refractivity contribution >= 4 is 0 Å². The molecular formula is C14H20N4. The Balaban J connectivity index is 1.72. The van der Waals surface area contributed by atoms with Gasteiger partial charge < -0.3 is 9.88 Å². The topological polar surface area (TPSA) is 41.9 Å². The summed E-state index contributed by atoms with van der Waals surface area (Å²) in [6, 6.07) is 0.410. The minimum absolute atomic E-state index is 0.356. The Kier molecular flexibility index (Phi) is 2.43. The third-order valence-corrected chi connectivity index (χ3v) is 4.61. The molecule has 96 valence electrons. The van der Waals surface area contributed by atoms with Gasteiger partial charge in [0.15, 0.2) is 0 Å². The van der Waals surface area contributed by atoms with E-state index in [9.17, 15) is 0 Å². The van der Waals surface area contributed by atoms with Crippen LogP contribution in [0.15, 0.2) is 18.5 Å². The van der Waals surface area contributed by atoms with Crippen molar-refractivity contribution in [3.05, 3.63) is 30.0 Å². The van der Waals surface area contributed by atoms with Gasteiger partial charge in [-0.15, -0.1) is 0 Å². The van der Waals surface area contributed by atoms with Gasteiger partial charge in [-0.1, -0.05) is 19.3 Å². The van der Waals surface area contributed by atoms with Crippen LogP contribution in [0.3, 0.4) is 0 Å². The Labute approximate surface area is 107 Å². The van der Waals surface area contributed by atoms with Gasteiger partial charge >= 0.3 is 0 Å². The lowest BCUT2D eigenvalue weighted by Crippen LogP contribution is -2.47. The van der Waals surface area contributed by atoms with Gasteiger partial charge in [-0.3, -0.25) is 5.32 Å². The zero-order chi connectivity index (χ0) is 11.9. The lowest BCUT2D eigenvalue weighted by Gasteiger charge is -2.32. The fourth-order valence-corrected chi connectivity index (χ4v) is 3.67. The number of imidazole rings is 1. The van der Waals surface area contributed by atoms with E-state index in [4.69, 9.17) is 0 Å². The molecule has 4 heteroatoms. The SMILES string of the molecule is C1=CC2C(N1)NCc1ncc(C3CCCCC3)n12. The van der Waals surface area contributed by atoms with Crippen molar-refractivity contribution in [3.63, 3.8) is 0 Å². The second-order valence-electron chi connectivity index (χ2n) is 5.68. The Bertz CT molecular complexity index is 470. The zero-order valence-electron chi connectivity index (χ0n) is 10.6. The molecule has 1 saturated carbocycles. The summed E-state index contributed by atoms with van der Waals surface area (Å²) < 4.78 is 2.48. The van der Waals surface area contributed by atoms with E-state index in [1.807, 2.05) is 0 Å². The molecule has 2 unspecified atom stereocenters. The van der Waals surface area contributed by atoms with E-state index >= 15 is 0 Å². The van der Waals surface area contributed by atoms with Crippen LogP contribution in [-0.4, -0.2) is 15.7 Å². The third kappa shape index (κ3) is 1.52. The van der Waals surface area contributed by atoms with Crippen molar-refractivity contribution in [2.75, 3.05) is 0 Å². The maximum atomic E-state index is 4.63. The molecule has 1 fully saturated rings. The van der Waals surface area contributed by atoms with Crippen molar-refractivity contribution in [2.24, 2.45) is 0 Å². The predicted molar refractivity (Wildman–Crippen MR) is 70.0 cm³/mol.